The zero-order valence-electron chi connectivity index (χ0n) is 13.7. The highest BCUT2D eigenvalue weighted by Crippen LogP contribution is 2.38. The summed E-state index contributed by atoms with van der Waals surface area (Å²) in [4.78, 5) is 13.2. The minimum absolute atomic E-state index is 0.163. The molecule has 1 amide bonds. The molecular formula is C18H16ClNO5S. The number of hydrogen-bond donors (Lipinski definition) is 1. The maximum atomic E-state index is 12.3. The number of benzene rings is 2. The Morgan fingerprint density at radius 2 is 1.54 bits per heavy atom. The first-order valence-electron chi connectivity index (χ1n) is 8.10. The fourth-order valence-electron chi connectivity index (χ4n) is 2.61. The second kappa shape index (κ2) is 7.55. The first-order valence-corrected chi connectivity index (χ1v) is 9.47. The van der Waals surface area contributed by atoms with E-state index < -0.39 is 0 Å². The molecule has 0 spiro atoms. The molecule has 0 radical (unpaired) electrons. The molecular weight excluding hydrogens is 378 g/mol. The number of amides is 1. The Balaban J connectivity index is 1.38. The van der Waals surface area contributed by atoms with E-state index in [1.165, 1.54) is 11.8 Å². The Morgan fingerprint density at radius 1 is 0.923 bits per heavy atom. The minimum Gasteiger partial charge on any atom is -0.486 e. The predicted molar refractivity (Wildman–Crippen MR) is 99.2 cm³/mol. The lowest BCUT2D eigenvalue weighted by Crippen LogP contribution is -2.17. The molecule has 4 rings (SSSR count). The Morgan fingerprint density at radius 3 is 2.27 bits per heavy atom. The summed E-state index contributed by atoms with van der Waals surface area (Å²) in [5, 5.41) is 3.22. The first-order chi connectivity index (χ1) is 12.7. The van der Waals surface area contributed by atoms with E-state index in [4.69, 9.17) is 30.5 Å². The van der Waals surface area contributed by atoms with Crippen molar-refractivity contribution in [1.82, 2.24) is 0 Å². The average Bonchev–Trinajstić information content (AvgIpc) is 2.67. The number of halogens is 1. The molecule has 0 saturated carbocycles. The third-order valence-electron chi connectivity index (χ3n) is 3.79. The maximum Gasteiger partial charge on any atom is 0.234 e. The lowest BCUT2D eigenvalue weighted by atomic mass is 10.2. The van der Waals surface area contributed by atoms with Crippen LogP contribution in [0.2, 0.25) is 5.02 Å². The van der Waals surface area contributed by atoms with Gasteiger partial charge in [-0.3, -0.25) is 4.79 Å². The molecule has 0 saturated heterocycles. The van der Waals surface area contributed by atoms with E-state index in [0.717, 1.165) is 10.6 Å². The molecule has 26 heavy (non-hydrogen) atoms. The second-order valence-corrected chi connectivity index (χ2v) is 7.07. The van der Waals surface area contributed by atoms with Crippen LogP contribution in [0.15, 0.2) is 35.2 Å². The van der Waals surface area contributed by atoms with E-state index in [2.05, 4.69) is 5.32 Å². The predicted octanol–water partition coefficient (Wildman–Crippen LogP) is 3.61. The molecule has 0 bridgehead atoms. The third kappa shape index (κ3) is 3.78. The van der Waals surface area contributed by atoms with Crippen LogP contribution in [0, 0.1) is 0 Å². The zero-order valence-corrected chi connectivity index (χ0v) is 15.3. The number of ether oxygens (including phenoxy) is 4. The van der Waals surface area contributed by atoms with Crippen LogP contribution in [0.5, 0.6) is 23.0 Å². The summed E-state index contributed by atoms with van der Waals surface area (Å²) in [6.07, 6.45) is 0. The highest BCUT2D eigenvalue weighted by Gasteiger charge is 2.17. The van der Waals surface area contributed by atoms with Crippen molar-refractivity contribution in [1.29, 1.82) is 0 Å². The lowest BCUT2D eigenvalue weighted by molar-refractivity contribution is -0.113. The molecule has 0 fully saturated rings. The quantitative estimate of drug-likeness (QED) is 0.800. The van der Waals surface area contributed by atoms with Crippen molar-refractivity contribution in [2.45, 2.75) is 4.90 Å². The van der Waals surface area contributed by atoms with Gasteiger partial charge in [-0.2, -0.15) is 0 Å². The Hall–Kier alpha value is -2.25. The zero-order chi connectivity index (χ0) is 17.9. The summed E-state index contributed by atoms with van der Waals surface area (Å²) < 4.78 is 22.0. The Bertz CT molecular complexity index is 845. The van der Waals surface area contributed by atoms with Crippen molar-refractivity contribution in [3.05, 3.63) is 35.4 Å². The van der Waals surface area contributed by atoms with Crippen LogP contribution < -0.4 is 24.3 Å². The number of hydrogen-bond acceptors (Lipinski definition) is 6. The normalized spacial score (nSPS) is 14.7. The van der Waals surface area contributed by atoms with Gasteiger partial charge < -0.3 is 24.3 Å². The SMILES string of the molecule is O=C(CSc1ccc2c(c1)OCCO2)Nc1cc2c(cc1Cl)OCCO2. The van der Waals surface area contributed by atoms with Crippen LogP contribution in [0.1, 0.15) is 0 Å². The van der Waals surface area contributed by atoms with Crippen LogP contribution in [0.25, 0.3) is 0 Å². The maximum absolute atomic E-state index is 12.3. The number of nitrogens with one attached hydrogen (secondary N) is 1. The number of carbonyl (C=O) groups is 1. The summed E-state index contributed by atoms with van der Waals surface area (Å²) in [7, 11) is 0. The minimum atomic E-state index is -0.163. The topological polar surface area (TPSA) is 66.0 Å². The first kappa shape index (κ1) is 17.2. The van der Waals surface area contributed by atoms with Crippen LogP contribution >= 0.6 is 23.4 Å². The summed E-state index contributed by atoms with van der Waals surface area (Å²) in [5.41, 5.74) is 0.503. The molecule has 2 aromatic carbocycles. The number of thioether (sulfide) groups is 1. The van der Waals surface area contributed by atoms with E-state index in [9.17, 15) is 4.79 Å². The number of carbonyl (C=O) groups excluding carboxylic acids is 1. The van der Waals surface area contributed by atoms with Gasteiger partial charge in [-0.1, -0.05) is 11.6 Å². The fourth-order valence-corrected chi connectivity index (χ4v) is 3.53. The van der Waals surface area contributed by atoms with Crippen LogP contribution in [-0.2, 0) is 4.79 Å². The van der Waals surface area contributed by atoms with Gasteiger partial charge in [0.1, 0.15) is 26.4 Å². The average molecular weight is 394 g/mol. The van der Waals surface area contributed by atoms with E-state index in [1.807, 2.05) is 18.2 Å². The molecule has 0 aliphatic carbocycles. The Kier molecular flexibility index (Phi) is 4.99. The largest absolute Gasteiger partial charge is 0.486 e. The van der Waals surface area contributed by atoms with E-state index in [0.29, 0.717) is 54.4 Å². The van der Waals surface area contributed by atoms with Crippen LogP contribution in [0.4, 0.5) is 5.69 Å². The lowest BCUT2D eigenvalue weighted by Gasteiger charge is -2.20. The molecule has 2 aromatic rings. The van der Waals surface area contributed by atoms with Crippen molar-refractivity contribution in [3.63, 3.8) is 0 Å². The van der Waals surface area contributed by atoms with Gasteiger partial charge in [-0.15, -0.1) is 11.8 Å². The summed E-state index contributed by atoms with van der Waals surface area (Å²) >= 11 is 7.62. The van der Waals surface area contributed by atoms with Gasteiger partial charge in [0, 0.05) is 17.0 Å². The molecule has 2 aliphatic rings. The van der Waals surface area contributed by atoms with Crippen molar-refractivity contribution in [3.8, 4) is 23.0 Å². The molecule has 2 aliphatic heterocycles. The summed E-state index contributed by atoms with van der Waals surface area (Å²) in [5.74, 6) is 2.68. The molecule has 0 atom stereocenters. The van der Waals surface area contributed by atoms with Crippen molar-refractivity contribution in [2.75, 3.05) is 37.5 Å². The molecule has 0 unspecified atom stereocenters. The Labute approximate surface area is 159 Å². The number of fused-ring (bicyclic) bond motifs is 2. The second-order valence-electron chi connectivity index (χ2n) is 5.62. The van der Waals surface area contributed by atoms with E-state index in [1.54, 1.807) is 12.1 Å². The number of anilines is 1. The summed E-state index contributed by atoms with van der Waals surface area (Å²) in [6.45, 7) is 2.05. The standard InChI is InChI=1S/C18H16ClNO5S/c19-12-8-16-17(25-6-5-24-16)9-13(12)20-18(21)10-26-11-1-2-14-15(7-11)23-4-3-22-14/h1-2,7-9H,3-6,10H2,(H,20,21). The molecule has 136 valence electrons. The van der Waals surface area contributed by atoms with Gasteiger partial charge in [-0.05, 0) is 18.2 Å². The van der Waals surface area contributed by atoms with Crippen molar-refractivity contribution < 1.29 is 23.7 Å². The van der Waals surface area contributed by atoms with Crippen molar-refractivity contribution >= 4 is 35.0 Å². The molecule has 2 heterocycles. The van der Waals surface area contributed by atoms with Gasteiger partial charge in [0.05, 0.1) is 16.5 Å². The molecule has 8 heteroatoms. The molecule has 0 aromatic heterocycles. The number of rotatable bonds is 4. The van der Waals surface area contributed by atoms with Crippen molar-refractivity contribution in [2.24, 2.45) is 0 Å². The van der Waals surface area contributed by atoms with Crippen LogP contribution in [0.3, 0.4) is 0 Å². The third-order valence-corrected chi connectivity index (χ3v) is 5.10. The molecule has 6 nitrogen and oxygen atoms in total. The fraction of sp³-hybridized carbons (Fsp3) is 0.278. The van der Waals surface area contributed by atoms with E-state index in [-0.39, 0.29) is 11.7 Å². The van der Waals surface area contributed by atoms with Crippen LogP contribution in [-0.4, -0.2) is 38.1 Å². The highest BCUT2D eigenvalue weighted by molar-refractivity contribution is 8.00. The summed E-state index contributed by atoms with van der Waals surface area (Å²) in [6, 6.07) is 8.97. The van der Waals surface area contributed by atoms with Gasteiger partial charge >= 0.3 is 0 Å². The highest BCUT2D eigenvalue weighted by atomic mass is 35.5. The van der Waals surface area contributed by atoms with Gasteiger partial charge in [0.2, 0.25) is 5.91 Å². The van der Waals surface area contributed by atoms with Gasteiger partial charge in [0.15, 0.2) is 23.0 Å². The van der Waals surface area contributed by atoms with E-state index >= 15 is 0 Å². The molecule has 1 N–H and O–H groups in total. The van der Waals surface area contributed by atoms with Gasteiger partial charge in [0.25, 0.3) is 0 Å². The monoisotopic (exact) mass is 393 g/mol. The smallest absolute Gasteiger partial charge is 0.234 e. The van der Waals surface area contributed by atoms with Gasteiger partial charge in [-0.25, -0.2) is 0 Å².